The molecule has 58 heavy (non-hydrogen) atoms. The van der Waals surface area contributed by atoms with Crippen LogP contribution in [-0.2, 0) is 10.8 Å². The fourth-order valence-corrected chi connectivity index (χ4v) is 10.4. The zero-order valence-electron chi connectivity index (χ0n) is 32.8. The normalized spacial score (nSPS) is 15.1. The van der Waals surface area contributed by atoms with Crippen LogP contribution in [0.1, 0.15) is 61.1 Å². The van der Waals surface area contributed by atoms with Crippen molar-refractivity contribution in [3.63, 3.8) is 0 Å². The van der Waals surface area contributed by atoms with E-state index >= 15 is 0 Å². The number of rotatable bonds is 3. The van der Waals surface area contributed by atoms with Crippen LogP contribution < -0.4 is 0 Å². The Kier molecular flexibility index (Phi) is 6.68. The van der Waals surface area contributed by atoms with E-state index in [9.17, 15) is 0 Å². The number of nitrogens with zero attached hydrogens (tertiary/aromatic N) is 5. The molecule has 2 aliphatic rings. The lowest BCUT2D eigenvalue weighted by Gasteiger charge is -2.31. The van der Waals surface area contributed by atoms with Gasteiger partial charge in [-0.1, -0.05) is 161 Å². The number of benzene rings is 7. The Morgan fingerprint density at radius 2 is 0.793 bits per heavy atom. The first kappa shape index (κ1) is 33.1. The van der Waals surface area contributed by atoms with Gasteiger partial charge in [0.05, 0.1) is 22.1 Å². The quantitative estimate of drug-likeness (QED) is 0.181. The van der Waals surface area contributed by atoms with Crippen molar-refractivity contribution in [3.8, 4) is 23.3 Å². The summed E-state index contributed by atoms with van der Waals surface area (Å²) in [6.07, 6.45) is 0. The number of aromatic nitrogens is 5. The number of para-hydroxylation sites is 4. The van der Waals surface area contributed by atoms with Gasteiger partial charge in [-0.25, -0.2) is 0 Å². The highest BCUT2D eigenvalue weighted by Crippen LogP contribution is 2.58. The van der Waals surface area contributed by atoms with E-state index in [1.54, 1.807) is 0 Å². The van der Waals surface area contributed by atoms with Gasteiger partial charge in [0.15, 0.2) is 5.82 Å². The fourth-order valence-electron chi connectivity index (χ4n) is 10.4. The molecule has 5 heteroatoms. The first-order chi connectivity index (χ1) is 28.3. The van der Waals surface area contributed by atoms with E-state index < -0.39 is 0 Å². The summed E-state index contributed by atoms with van der Waals surface area (Å²) in [5.74, 6) is 1.78. The molecule has 0 saturated heterocycles. The Morgan fingerprint density at radius 3 is 1.31 bits per heavy atom. The standard InChI is InChI=1S/C53H39N5/c1-52(2)41-24-12-6-22-38(41)48-47(37-21-5-11-23-40(37)53(48,3)4)39-31-32(29-30-42(39)52)49-54-50(57-43-25-13-7-17-33(43)34-18-8-14-26-44(34)57)56-51(55-49)58-45-27-15-9-19-35(45)36-20-10-16-28-46(36)58/h5-31H,1-4H3. The van der Waals surface area contributed by atoms with Gasteiger partial charge in [0.25, 0.3) is 0 Å². The summed E-state index contributed by atoms with van der Waals surface area (Å²) >= 11 is 0. The van der Waals surface area contributed by atoms with Crippen LogP contribution in [0.15, 0.2) is 164 Å². The molecule has 3 heterocycles. The van der Waals surface area contributed by atoms with Crippen LogP contribution in [0.3, 0.4) is 0 Å². The predicted octanol–water partition coefficient (Wildman–Crippen LogP) is 12.6. The second-order valence-corrected chi connectivity index (χ2v) is 16.8. The molecule has 0 bridgehead atoms. The van der Waals surface area contributed by atoms with Crippen LogP contribution in [0.2, 0.25) is 0 Å². The number of allylic oxidation sites excluding steroid dienone is 1. The molecule has 0 fully saturated rings. The van der Waals surface area contributed by atoms with Crippen molar-refractivity contribution in [1.82, 2.24) is 24.1 Å². The van der Waals surface area contributed by atoms with E-state index in [1.165, 1.54) is 44.5 Å². The molecule has 12 rings (SSSR count). The van der Waals surface area contributed by atoms with Gasteiger partial charge >= 0.3 is 0 Å². The SMILES string of the molecule is CC1(C)C2=C(c3ccccc31)c1cc(-c3nc(-n4c5ccccc5c5ccccc54)nc(-n4c5ccccc5c5ccccc54)n3)ccc1C(C)(C)c1ccccc12. The molecule has 0 unspecified atom stereocenters. The molecule has 7 aromatic carbocycles. The van der Waals surface area contributed by atoms with Gasteiger partial charge in [-0.2, -0.15) is 15.0 Å². The van der Waals surface area contributed by atoms with Crippen molar-refractivity contribution >= 4 is 54.8 Å². The molecule has 0 aliphatic heterocycles. The highest BCUT2D eigenvalue weighted by molar-refractivity contribution is 6.11. The second kappa shape index (κ2) is 11.7. The van der Waals surface area contributed by atoms with Crippen molar-refractivity contribution in [2.75, 3.05) is 0 Å². The molecule has 3 aromatic heterocycles. The molecular formula is C53H39N5. The van der Waals surface area contributed by atoms with Crippen LogP contribution >= 0.6 is 0 Å². The molecule has 0 amide bonds. The third kappa shape index (κ3) is 4.39. The lowest BCUT2D eigenvalue weighted by Crippen LogP contribution is -2.23. The average molecular weight is 746 g/mol. The monoisotopic (exact) mass is 745 g/mol. The van der Waals surface area contributed by atoms with E-state index in [1.807, 2.05) is 0 Å². The van der Waals surface area contributed by atoms with Crippen molar-refractivity contribution < 1.29 is 0 Å². The largest absolute Gasteiger partial charge is 0.278 e. The summed E-state index contributed by atoms with van der Waals surface area (Å²) in [5, 5.41) is 4.64. The van der Waals surface area contributed by atoms with E-state index in [4.69, 9.17) is 15.0 Å². The van der Waals surface area contributed by atoms with Gasteiger partial charge < -0.3 is 0 Å². The highest BCUT2D eigenvalue weighted by Gasteiger charge is 2.44. The maximum absolute atomic E-state index is 5.43. The Hall–Kier alpha value is -7.11. The van der Waals surface area contributed by atoms with Crippen molar-refractivity contribution in [1.29, 1.82) is 0 Å². The van der Waals surface area contributed by atoms with E-state index in [-0.39, 0.29) is 10.8 Å². The predicted molar refractivity (Wildman–Crippen MR) is 238 cm³/mol. The Morgan fingerprint density at radius 1 is 0.379 bits per heavy atom. The van der Waals surface area contributed by atoms with Gasteiger partial charge in [0.1, 0.15) is 0 Å². The van der Waals surface area contributed by atoms with Gasteiger partial charge in [0, 0.05) is 37.9 Å². The lowest BCUT2D eigenvalue weighted by atomic mass is 9.71. The van der Waals surface area contributed by atoms with Crippen molar-refractivity contribution in [2.24, 2.45) is 0 Å². The molecule has 0 spiro atoms. The molecular weight excluding hydrogens is 707 g/mol. The second-order valence-electron chi connectivity index (χ2n) is 16.8. The Labute approximate surface area is 336 Å². The Balaban J connectivity index is 1.18. The summed E-state index contributed by atoms with van der Waals surface area (Å²) in [5.41, 5.74) is 15.2. The summed E-state index contributed by atoms with van der Waals surface area (Å²) in [6.45, 7) is 9.51. The van der Waals surface area contributed by atoms with Crippen LogP contribution in [-0.4, -0.2) is 24.1 Å². The molecule has 0 N–H and O–H groups in total. The van der Waals surface area contributed by atoms with Gasteiger partial charge in [0.2, 0.25) is 11.9 Å². The number of fused-ring (bicyclic) bond motifs is 12. The summed E-state index contributed by atoms with van der Waals surface area (Å²) < 4.78 is 4.40. The average Bonchev–Trinajstić information content (AvgIpc) is 3.84. The van der Waals surface area contributed by atoms with Gasteiger partial charge in [-0.3, -0.25) is 9.13 Å². The molecule has 0 saturated carbocycles. The Bertz CT molecular complexity index is 3170. The van der Waals surface area contributed by atoms with Crippen LogP contribution in [0, 0.1) is 0 Å². The molecule has 276 valence electrons. The minimum Gasteiger partial charge on any atom is -0.278 e. The number of hydrogen-bond acceptors (Lipinski definition) is 3. The zero-order valence-corrected chi connectivity index (χ0v) is 32.8. The first-order valence-corrected chi connectivity index (χ1v) is 20.1. The number of hydrogen-bond donors (Lipinski definition) is 0. The summed E-state index contributed by atoms with van der Waals surface area (Å²) in [6, 6.07) is 59.0. The van der Waals surface area contributed by atoms with Crippen LogP contribution in [0.25, 0.3) is 78.0 Å². The highest BCUT2D eigenvalue weighted by atomic mass is 15.3. The molecule has 10 aromatic rings. The summed E-state index contributed by atoms with van der Waals surface area (Å²) in [7, 11) is 0. The summed E-state index contributed by atoms with van der Waals surface area (Å²) in [4.78, 5) is 16.3. The third-order valence-electron chi connectivity index (χ3n) is 13.0. The van der Waals surface area contributed by atoms with Crippen LogP contribution in [0.5, 0.6) is 0 Å². The topological polar surface area (TPSA) is 48.5 Å². The molecule has 0 radical (unpaired) electrons. The van der Waals surface area contributed by atoms with Crippen molar-refractivity contribution in [3.05, 3.63) is 197 Å². The maximum Gasteiger partial charge on any atom is 0.240 e. The molecule has 0 atom stereocenters. The van der Waals surface area contributed by atoms with Gasteiger partial charge in [-0.05, 0) is 74.9 Å². The smallest absolute Gasteiger partial charge is 0.240 e. The van der Waals surface area contributed by atoms with Crippen molar-refractivity contribution in [2.45, 2.75) is 38.5 Å². The van der Waals surface area contributed by atoms with E-state index in [0.29, 0.717) is 17.7 Å². The minimum atomic E-state index is -0.263. The maximum atomic E-state index is 5.43. The zero-order chi connectivity index (χ0) is 38.9. The molecule has 5 nitrogen and oxygen atoms in total. The lowest BCUT2D eigenvalue weighted by molar-refractivity contribution is 0.634. The van der Waals surface area contributed by atoms with E-state index in [2.05, 4.69) is 201 Å². The minimum absolute atomic E-state index is 0.198. The van der Waals surface area contributed by atoms with E-state index in [0.717, 1.165) is 49.2 Å². The molecule has 2 aliphatic carbocycles. The van der Waals surface area contributed by atoms with Crippen LogP contribution in [0.4, 0.5) is 0 Å². The fraction of sp³-hybridized carbons (Fsp3) is 0.113. The first-order valence-electron chi connectivity index (χ1n) is 20.1. The third-order valence-corrected chi connectivity index (χ3v) is 13.0. The van der Waals surface area contributed by atoms with Gasteiger partial charge in [-0.15, -0.1) is 0 Å².